The first kappa shape index (κ1) is 11.5. The molecular formula is CH2F3NaO2S. The molecule has 7 heteroatoms. The van der Waals surface area contributed by atoms with Crippen molar-refractivity contribution in [2.24, 2.45) is 0 Å². The van der Waals surface area contributed by atoms with E-state index in [1.807, 2.05) is 0 Å². The average Bonchev–Trinajstić information content (AvgIpc) is 1.31. The summed E-state index contributed by atoms with van der Waals surface area (Å²) in [6, 6.07) is 0. The monoisotopic (exact) mass is 158 g/mol. The molecule has 0 saturated heterocycles. The summed E-state index contributed by atoms with van der Waals surface area (Å²) in [5.74, 6) is 0. The van der Waals surface area contributed by atoms with Crippen LogP contribution in [0, 0.1) is 0 Å². The van der Waals surface area contributed by atoms with Gasteiger partial charge in [-0.2, -0.15) is 13.2 Å². The summed E-state index contributed by atoms with van der Waals surface area (Å²) < 4.78 is 49.6. The molecule has 0 fully saturated rings. The van der Waals surface area contributed by atoms with Gasteiger partial charge in [-0.15, -0.1) is 0 Å². The fourth-order valence-electron chi connectivity index (χ4n) is 0. The van der Waals surface area contributed by atoms with Gasteiger partial charge in [-0.05, 0) is 0 Å². The predicted octanol–water partition coefficient (Wildman–Crippen LogP) is -0.531. The Morgan fingerprint density at radius 3 is 1.25 bits per heavy atom. The Hall–Kier alpha value is 0.740. The van der Waals surface area contributed by atoms with Gasteiger partial charge in [-0.3, -0.25) is 0 Å². The predicted molar refractivity (Wildman–Crippen MR) is 23.5 cm³/mol. The SMILES string of the molecule is O=[SH](=O)C(F)(F)F.[NaH]. The van der Waals surface area contributed by atoms with Crippen LogP contribution in [0.15, 0.2) is 0 Å². The van der Waals surface area contributed by atoms with Gasteiger partial charge in [0.25, 0.3) is 0 Å². The van der Waals surface area contributed by atoms with E-state index in [4.69, 9.17) is 8.42 Å². The topological polar surface area (TPSA) is 34.1 Å². The zero-order valence-corrected chi connectivity index (χ0v) is 3.79. The van der Waals surface area contributed by atoms with Gasteiger partial charge in [0.15, 0.2) is 0 Å². The summed E-state index contributed by atoms with van der Waals surface area (Å²) in [4.78, 5) is 0. The van der Waals surface area contributed by atoms with Crippen molar-refractivity contribution in [1.82, 2.24) is 0 Å². The van der Waals surface area contributed by atoms with Gasteiger partial charge in [0.05, 0.1) is 0 Å². The van der Waals surface area contributed by atoms with Gasteiger partial charge in [-0.25, -0.2) is 8.42 Å². The molecule has 46 valence electrons. The Balaban J connectivity index is 0. The van der Waals surface area contributed by atoms with Crippen molar-refractivity contribution >= 4 is 40.3 Å². The molecule has 0 aromatic rings. The molecule has 0 atom stereocenters. The van der Waals surface area contributed by atoms with Crippen LogP contribution in [0.4, 0.5) is 13.2 Å². The standard InChI is InChI=1S/CHF3O2S.Na.H/c2-1(3,4)7(5)6;;/h7H;;. The van der Waals surface area contributed by atoms with E-state index < -0.39 is 16.2 Å². The Bertz CT molecular complexity index is 118. The first-order valence-corrected chi connectivity index (χ1v) is 2.33. The number of alkyl halides is 3. The van der Waals surface area contributed by atoms with E-state index in [9.17, 15) is 13.2 Å². The molecule has 0 N–H and O–H groups in total. The van der Waals surface area contributed by atoms with Crippen LogP contribution in [0.2, 0.25) is 0 Å². The maximum atomic E-state index is 10.6. The summed E-state index contributed by atoms with van der Waals surface area (Å²) in [5.41, 5.74) is -5.05. The third-order valence-corrected chi connectivity index (χ3v) is 0.621. The molecular weight excluding hydrogens is 156 g/mol. The molecule has 0 saturated carbocycles. The van der Waals surface area contributed by atoms with Crippen molar-refractivity contribution in [2.75, 3.05) is 0 Å². The Morgan fingerprint density at radius 2 is 1.25 bits per heavy atom. The Morgan fingerprint density at radius 1 is 1.12 bits per heavy atom. The third kappa shape index (κ3) is 4.89. The van der Waals surface area contributed by atoms with Crippen LogP contribution in [0.1, 0.15) is 0 Å². The van der Waals surface area contributed by atoms with Gasteiger partial charge in [0.2, 0.25) is 10.7 Å². The van der Waals surface area contributed by atoms with Crippen LogP contribution in [-0.2, 0) is 10.7 Å². The fraction of sp³-hybridized carbons (Fsp3) is 1.00. The second-order valence-corrected chi connectivity index (χ2v) is 1.75. The van der Waals surface area contributed by atoms with Crippen molar-refractivity contribution in [3.8, 4) is 0 Å². The van der Waals surface area contributed by atoms with Gasteiger partial charge in [0.1, 0.15) is 0 Å². The van der Waals surface area contributed by atoms with E-state index in [0.29, 0.717) is 0 Å². The zero-order valence-electron chi connectivity index (χ0n) is 2.90. The Labute approximate surface area is 67.3 Å². The number of thiol groups is 1. The van der Waals surface area contributed by atoms with Gasteiger partial charge >= 0.3 is 35.1 Å². The van der Waals surface area contributed by atoms with Crippen LogP contribution in [0.3, 0.4) is 0 Å². The number of hydrogen-bond acceptors (Lipinski definition) is 2. The van der Waals surface area contributed by atoms with Crippen molar-refractivity contribution in [2.45, 2.75) is 5.51 Å². The second kappa shape index (κ2) is 3.71. The van der Waals surface area contributed by atoms with Crippen LogP contribution in [0.25, 0.3) is 0 Å². The molecule has 0 unspecified atom stereocenters. The van der Waals surface area contributed by atoms with Crippen molar-refractivity contribution in [1.29, 1.82) is 0 Å². The van der Waals surface area contributed by atoms with E-state index in [1.54, 1.807) is 0 Å². The molecule has 0 radical (unpaired) electrons. The number of rotatable bonds is 0. The minimum absolute atomic E-state index is 0. The van der Waals surface area contributed by atoms with E-state index in [-0.39, 0.29) is 29.6 Å². The molecule has 0 aromatic carbocycles. The van der Waals surface area contributed by atoms with Crippen LogP contribution < -0.4 is 0 Å². The molecule has 0 aromatic heterocycles. The normalized spacial score (nSPS) is 11.0. The molecule has 2 nitrogen and oxygen atoms in total. The van der Waals surface area contributed by atoms with Crippen molar-refractivity contribution in [3.05, 3.63) is 0 Å². The van der Waals surface area contributed by atoms with Crippen LogP contribution >= 0.6 is 0 Å². The van der Waals surface area contributed by atoms with Crippen molar-refractivity contribution < 1.29 is 21.6 Å². The van der Waals surface area contributed by atoms with E-state index in [0.717, 1.165) is 0 Å². The molecule has 0 aliphatic rings. The van der Waals surface area contributed by atoms with Gasteiger partial charge in [-0.1, -0.05) is 0 Å². The molecule has 0 spiro atoms. The van der Waals surface area contributed by atoms with Gasteiger partial charge < -0.3 is 0 Å². The molecule has 0 amide bonds. The fourth-order valence-corrected chi connectivity index (χ4v) is 0. The second-order valence-electron chi connectivity index (χ2n) is 0.725. The maximum absolute atomic E-state index is 10.6. The Kier molecular flexibility index (Phi) is 5.34. The first-order chi connectivity index (χ1) is 2.94. The summed E-state index contributed by atoms with van der Waals surface area (Å²) in [5, 5.41) is 0. The van der Waals surface area contributed by atoms with Crippen molar-refractivity contribution in [3.63, 3.8) is 0 Å². The summed E-state index contributed by atoms with van der Waals surface area (Å²) in [6.45, 7) is 0. The summed E-state index contributed by atoms with van der Waals surface area (Å²) >= 11 is 0. The molecule has 0 aliphatic carbocycles. The first-order valence-electron chi connectivity index (χ1n) is 1.16. The average molecular weight is 158 g/mol. The van der Waals surface area contributed by atoms with E-state index in [2.05, 4.69) is 0 Å². The zero-order chi connectivity index (χ0) is 6.08. The van der Waals surface area contributed by atoms with E-state index >= 15 is 0 Å². The third-order valence-electron chi connectivity index (χ3n) is 0.207. The van der Waals surface area contributed by atoms with Gasteiger partial charge in [0, 0.05) is 0 Å². The summed E-state index contributed by atoms with van der Waals surface area (Å²) in [7, 11) is -4.24. The molecule has 0 aliphatic heterocycles. The summed E-state index contributed by atoms with van der Waals surface area (Å²) in [6.07, 6.45) is 0. The van der Waals surface area contributed by atoms with Crippen LogP contribution in [-0.4, -0.2) is 43.5 Å². The number of hydrogen-bond donors (Lipinski definition) is 1. The molecule has 8 heavy (non-hydrogen) atoms. The van der Waals surface area contributed by atoms with E-state index in [1.165, 1.54) is 0 Å². The molecule has 0 rings (SSSR count). The molecule has 0 bridgehead atoms. The van der Waals surface area contributed by atoms with Crippen LogP contribution in [0.5, 0.6) is 0 Å². The quantitative estimate of drug-likeness (QED) is 0.380. The minimum atomic E-state index is -5.05. The molecule has 0 heterocycles. The number of halogens is 3.